The minimum absolute atomic E-state index is 0.132. The molecule has 2 N–H and O–H groups in total. The van der Waals surface area contributed by atoms with Crippen LogP contribution in [-0.4, -0.2) is 44.0 Å². The Balaban J connectivity index is 1.75. The molecule has 0 fully saturated rings. The Morgan fingerprint density at radius 3 is 2.44 bits per heavy atom. The third kappa shape index (κ3) is 5.77. The van der Waals surface area contributed by atoms with Gasteiger partial charge in [0, 0.05) is 28.3 Å². The Hall–Kier alpha value is -2.81. The molecule has 3 aromatic carbocycles. The Labute approximate surface area is 227 Å². The van der Waals surface area contributed by atoms with E-state index in [2.05, 4.69) is 15.6 Å². The van der Waals surface area contributed by atoms with Crippen LogP contribution in [0.4, 0.5) is 5.69 Å². The molecule has 1 aliphatic rings. The Morgan fingerprint density at radius 2 is 1.72 bits per heavy atom. The fraction of sp³-hybridized carbons (Fsp3) is 0.160. The largest absolute Gasteiger partial charge is 0.490 e. The fourth-order valence-electron chi connectivity index (χ4n) is 3.56. The molecule has 1 heterocycles. The number of carbonyl (C=O) groups is 2. The summed E-state index contributed by atoms with van der Waals surface area (Å²) < 4.78 is 10.6. The number of nitrogens with one attached hydrogen (secondary N) is 2. The highest BCUT2D eigenvalue weighted by molar-refractivity contribution is 6.44. The van der Waals surface area contributed by atoms with Crippen LogP contribution in [0.2, 0.25) is 20.1 Å². The van der Waals surface area contributed by atoms with E-state index in [0.717, 1.165) is 0 Å². The lowest BCUT2D eigenvalue weighted by Gasteiger charge is -2.16. The number of para-hydroxylation sites is 1. The summed E-state index contributed by atoms with van der Waals surface area (Å²) in [6.07, 6.45) is -1.33. The number of benzodiazepines with no additional fused rings is 1. The van der Waals surface area contributed by atoms with Gasteiger partial charge in [-0.15, -0.1) is 0 Å². The van der Waals surface area contributed by atoms with E-state index >= 15 is 0 Å². The molecule has 0 radical (unpaired) electrons. The van der Waals surface area contributed by atoms with Crippen LogP contribution in [-0.2, 0) is 9.53 Å². The van der Waals surface area contributed by atoms with Gasteiger partial charge < -0.3 is 20.1 Å². The van der Waals surface area contributed by atoms with Crippen molar-refractivity contribution in [3.05, 3.63) is 91.4 Å². The van der Waals surface area contributed by atoms with Gasteiger partial charge in [0.2, 0.25) is 6.17 Å². The molecule has 3 aromatic rings. The smallest absolute Gasteiger partial charge is 0.269 e. The first-order chi connectivity index (χ1) is 17.3. The van der Waals surface area contributed by atoms with Gasteiger partial charge in [-0.2, -0.15) is 0 Å². The van der Waals surface area contributed by atoms with Crippen LogP contribution in [0.3, 0.4) is 0 Å². The zero-order valence-corrected chi connectivity index (χ0v) is 21.8. The molecule has 1 aliphatic heterocycles. The highest BCUT2D eigenvalue weighted by Gasteiger charge is 2.30. The van der Waals surface area contributed by atoms with Gasteiger partial charge in [-0.25, -0.2) is 4.99 Å². The topological polar surface area (TPSA) is 89.0 Å². The summed E-state index contributed by atoms with van der Waals surface area (Å²) in [6.45, 7) is 0.538. The molecule has 0 aliphatic carbocycles. The number of halogens is 4. The lowest BCUT2D eigenvalue weighted by atomic mass is 10.0. The van der Waals surface area contributed by atoms with Gasteiger partial charge in [-0.05, 0) is 36.4 Å². The first-order valence-corrected chi connectivity index (χ1v) is 12.1. The number of fused-ring (bicyclic) bond motifs is 1. The van der Waals surface area contributed by atoms with E-state index in [9.17, 15) is 9.59 Å². The second-order valence-corrected chi connectivity index (χ2v) is 9.30. The van der Waals surface area contributed by atoms with Crippen LogP contribution >= 0.6 is 46.4 Å². The average molecular weight is 567 g/mol. The first-order valence-electron chi connectivity index (χ1n) is 10.6. The molecule has 1 atom stereocenters. The van der Waals surface area contributed by atoms with Gasteiger partial charge in [-0.3, -0.25) is 9.59 Å². The molecule has 0 unspecified atom stereocenters. The van der Waals surface area contributed by atoms with Gasteiger partial charge in [0.15, 0.2) is 0 Å². The van der Waals surface area contributed by atoms with Gasteiger partial charge >= 0.3 is 0 Å². The third-order valence-electron chi connectivity index (χ3n) is 5.19. The maximum absolute atomic E-state index is 13.3. The molecule has 11 heteroatoms. The van der Waals surface area contributed by atoms with Crippen molar-refractivity contribution >= 4 is 69.6 Å². The second kappa shape index (κ2) is 11.5. The van der Waals surface area contributed by atoms with E-state index in [1.807, 2.05) is 0 Å². The molecule has 0 saturated carbocycles. The average Bonchev–Trinajstić information content (AvgIpc) is 2.96. The first kappa shape index (κ1) is 26.3. The lowest BCUT2D eigenvalue weighted by molar-refractivity contribution is -0.117. The van der Waals surface area contributed by atoms with E-state index in [4.69, 9.17) is 55.9 Å². The van der Waals surface area contributed by atoms with Crippen LogP contribution in [0.1, 0.15) is 21.5 Å². The molecule has 0 aromatic heterocycles. The molecule has 7 nitrogen and oxygen atoms in total. The number of nitrogens with zero attached hydrogens (tertiary/aromatic N) is 1. The van der Waals surface area contributed by atoms with E-state index in [1.165, 1.54) is 25.3 Å². The normalized spacial score (nSPS) is 14.9. The number of rotatable bonds is 7. The molecular weight excluding hydrogens is 548 g/mol. The van der Waals surface area contributed by atoms with Crippen LogP contribution in [0, 0.1) is 0 Å². The number of methoxy groups -OCH3 is 1. The second-order valence-electron chi connectivity index (χ2n) is 7.61. The van der Waals surface area contributed by atoms with Gasteiger partial charge in [0.1, 0.15) is 12.4 Å². The number of hydrogen-bond donors (Lipinski definition) is 2. The van der Waals surface area contributed by atoms with Crippen molar-refractivity contribution in [2.24, 2.45) is 4.99 Å². The minimum Gasteiger partial charge on any atom is -0.490 e. The maximum atomic E-state index is 13.3. The standard InChI is InChI=1S/C25H19Cl4N3O4/c1-35-8-9-36-20-7-6-13(26)10-16(20)24(33)32-23-25(34)30-19-5-3-2-4-15(19)22(31-23)21-17(28)11-14(27)12-18(21)29/h2-7,10-12,23H,8-9H2,1H3,(H,30,34)(H,32,33)/t23-/m0/s1. The van der Waals surface area contributed by atoms with Crippen molar-refractivity contribution in [2.75, 3.05) is 25.6 Å². The quantitative estimate of drug-likeness (QED) is 0.350. The summed E-state index contributed by atoms with van der Waals surface area (Å²) in [5.74, 6) is -0.900. The number of hydrogen-bond acceptors (Lipinski definition) is 5. The Bertz CT molecular complexity index is 1340. The highest BCUT2D eigenvalue weighted by Crippen LogP contribution is 2.34. The zero-order valence-electron chi connectivity index (χ0n) is 18.8. The van der Waals surface area contributed by atoms with Crippen LogP contribution in [0.15, 0.2) is 59.6 Å². The summed E-state index contributed by atoms with van der Waals surface area (Å²) in [4.78, 5) is 31.0. The Morgan fingerprint density at radius 1 is 1.00 bits per heavy atom. The van der Waals surface area contributed by atoms with Crippen molar-refractivity contribution in [2.45, 2.75) is 6.17 Å². The molecule has 0 saturated heterocycles. The van der Waals surface area contributed by atoms with Crippen LogP contribution in [0.25, 0.3) is 0 Å². The summed E-state index contributed by atoms with van der Waals surface area (Å²) in [5.41, 5.74) is 1.86. The number of carbonyl (C=O) groups excluding carboxylic acids is 2. The van der Waals surface area contributed by atoms with E-state index in [-0.39, 0.29) is 28.0 Å². The van der Waals surface area contributed by atoms with Crippen LogP contribution < -0.4 is 15.4 Å². The van der Waals surface area contributed by atoms with Crippen molar-refractivity contribution < 1.29 is 19.1 Å². The number of benzene rings is 3. The number of aliphatic imine (C=N–C) groups is 1. The lowest BCUT2D eigenvalue weighted by Crippen LogP contribution is -2.42. The molecule has 0 bridgehead atoms. The predicted molar refractivity (Wildman–Crippen MR) is 142 cm³/mol. The van der Waals surface area contributed by atoms with E-state index in [0.29, 0.717) is 39.2 Å². The monoisotopic (exact) mass is 565 g/mol. The summed E-state index contributed by atoms with van der Waals surface area (Å²) in [5, 5.41) is 6.59. The van der Waals surface area contributed by atoms with Crippen LogP contribution in [0.5, 0.6) is 5.75 Å². The molecule has 186 valence electrons. The maximum Gasteiger partial charge on any atom is 0.269 e. The SMILES string of the molecule is COCCOc1ccc(Cl)cc1C(=O)N[C@@H]1N=C(c2c(Cl)cc(Cl)cc2Cl)c2ccccc2NC1=O. The zero-order chi connectivity index (χ0) is 25.8. The molecule has 36 heavy (non-hydrogen) atoms. The number of anilines is 1. The van der Waals surface area contributed by atoms with Crippen molar-refractivity contribution in [1.82, 2.24) is 5.32 Å². The van der Waals surface area contributed by atoms with Gasteiger partial charge in [0.25, 0.3) is 11.8 Å². The van der Waals surface area contributed by atoms with Gasteiger partial charge in [0.05, 0.1) is 33.6 Å². The predicted octanol–water partition coefficient (Wildman–Crippen LogP) is 5.87. The number of ether oxygens (including phenoxy) is 2. The summed E-state index contributed by atoms with van der Waals surface area (Å²) in [7, 11) is 1.54. The third-order valence-corrected chi connectivity index (χ3v) is 6.24. The summed E-state index contributed by atoms with van der Waals surface area (Å²) in [6, 6.07) is 14.7. The molecule has 0 spiro atoms. The van der Waals surface area contributed by atoms with Crippen molar-refractivity contribution in [3.63, 3.8) is 0 Å². The molecular formula is C25H19Cl4N3O4. The van der Waals surface area contributed by atoms with Gasteiger partial charge in [-0.1, -0.05) is 64.6 Å². The molecule has 4 rings (SSSR count). The summed E-state index contributed by atoms with van der Waals surface area (Å²) >= 11 is 25.2. The van der Waals surface area contributed by atoms with Crippen molar-refractivity contribution in [1.29, 1.82) is 0 Å². The molecule has 2 amide bonds. The number of amides is 2. The van der Waals surface area contributed by atoms with E-state index in [1.54, 1.807) is 36.4 Å². The fourth-order valence-corrected chi connectivity index (χ4v) is 4.73. The van der Waals surface area contributed by atoms with Crippen molar-refractivity contribution in [3.8, 4) is 5.75 Å². The van der Waals surface area contributed by atoms with E-state index < -0.39 is 18.0 Å². The highest BCUT2D eigenvalue weighted by atomic mass is 35.5. The Kier molecular flexibility index (Phi) is 8.39. The minimum atomic E-state index is -1.33.